The van der Waals surface area contributed by atoms with Gasteiger partial charge in [0.25, 0.3) is 0 Å². The molecule has 0 atom stereocenters. The second kappa shape index (κ2) is 5.32. The Labute approximate surface area is 110 Å². The van der Waals surface area contributed by atoms with Crippen LogP contribution in [-0.2, 0) is 0 Å². The van der Waals surface area contributed by atoms with Crippen LogP contribution in [0.5, 0.6) is 0 Å². The zero-order chi connectivity index (χ0) is 13.8. The highest BCUT2D eigenvalue weighted by Crippen LogP contribution is 2.22. The Morgan fingerprint density at radius 1 is 1.32 bits per heavy atom. The third-order valence-corrected chi connectivity index (χ3v) is 2.68. The number of aromatic nitrogens is 1. The number of hydrogen-bond acceptors (Lipinski definition) is 3. The summed E-state index contributed by atoms with van der Waals surface area (Å²) in [6.07, 6.45) is 3.17. The van der Waals surface area contributed by atoms with Gasteiger partial charge < -0.3 is 5.73 Å². The fourth-order valence-corrected chi connectivity index (χ4v) is 1.83. The van der Waals surface area contributed by atoms with Gasteiger partial charge in [-0.15, -0.1) is 0 Å². The lowest BCUT2D eigenvalue weighted by molar-refractivity contribution is 0.626. The molecule has 0 aliphatic rings. The van der Waals surface area contributed by atoms with E-state index in [2.05, 4.69) is 4.98 Å². The van der Waals surface area contributed by atoms with Crippen LogP contribution in [0.4, 0.5) is 4.39 Å². The predicted octanol–water partition coefficient (Wildman–Crippen LogP) is 2.88. The molecule has 1 aromatic heterocycles. The van der Waals surface area contributed by atoms with Gasteiger partial charge in [-0.2, -0.15) is 5.26 Å². The van der Waals surface area contributed by atoms with E-state index in [1.807, 2.05) is 6.07 Å². The van der Waals surface area contributed by atoms with Crippen molar-refractivity contribution in [2.24, 2.45) is 5.73 Å². The molecule has 0 amide bonds. The minimum atomic E-state index is -0.374. The Morgan fingerprint density at radius 3 is 2.68 bits per heavy atom. The molecule has 19 heavy (non-hydrogen) atoms. The molecular weight excluding hydrogens is 241 g/mol. The fraction of sp³-hybridized carbons (Fsp3) is 0.0667. The first kappa shape index (κ1) is 12.8. The summed E-state index contributed by atoms with van der Waals surface area (Å²) >= 11 is 0. The van der Waals surface area contributed by atoms with E-state index in [4.69, 9.17) is 5.73 Å². The van der Waals surface area contributed by atoms with Crippen molar-refractivity contribution in [2.75, 3.05) is 0 Å². The molecule has 3 nitrogen and oxygen atoms in total. The molecule has 0 aliphatic carbocycles. The molecule has 0 unspecified atom stereocenters. The van der Waals surface area contributed by atoms with Crippen LogP contribution in [0.25, 0.3) is 11.3 Å². The molecule has 0 bridgehead atoms. The Hall–Kier alpha value is -2.67. The Kier molecular flexibility index (Phi) is 3.58. The first-order chi connectivity index (χ1) is 9.11. The van der Waals surface area contributed by atoms with Gasteiger partial charge in [0.1, 0.15) is 11.9 Å². The average molecular weight is 253 g/mol. The summed E-state index contributed by atoms with van der Waals surface area (Å²) in [5.41, 5.74) is 8.38. The van der Waals surface area contributed by atoms with E-state index < -0.39 is 0 Å². The topological polar surface area (TPSA) is 62.7 Å². The summed E-state index contributed by atoms with van der Waals surface area (Å²) in [6.45, 7) is 1.77. The zero-order valence-corrected chi connectivity index (χ0v) is 10.4. The molecule has 1 heterocycles. The lowest BCUT2D eigenvalue weighted by Crippen LogP contribution is -2.02. The molecule has 0 fully saturated rings. The molecule has 2 N–H and O–H groups in total. The summed E-state index contributed by atoms with van der Waals surface area (Å²) in [5, 5.41) is 9.24. The van der Waals surface area contributed by atoms with Gasteiger partial charge in [0.2, 0.25) is 0 Å². The lowest BCUT2D eigenvalue weighted by Gasteiger charge is -2.07. The van der Waals surface area contributed by atoms with Gasteiger partial charge >= 0.3 is 0 Å². The van der Waals surface area contributed by atoms with E-state index in [1.54, 1.807) is 37.5 Å². The molecule has 0 saturated carbocycles. The lowest BCUT2D eigenvalue weighted by atomic mass is 10.0. The van der Waals surface area contributed by atoms with E-state index in [9.17, 15) is 9.65 Å². The van der Waals surface area contributed by atoms with Crippen molar-refractivity contribution in [1.29, 1.82) is 5.26 Å². The van der Waals surface area contributed by atoms with Crippen molar-refractivity contribution in [3.8, 4) is 6.07 Å². The molecule has 2 rings (SSSR count). The van der Waals surface area contributed by atoms with E-state index in [1.165, 1.54) is 12.1 Å². The average Bonchev–Trinajstić information content (AvgIpc) is 2.39. The van der Waals surface area contributed by atoms with E-state index in [0.717, 1.165) is 5.56 Å². The maximum atomic E-state index is 13.4. The van der Waals surface area contributed by atoms with Gasteiger partial charge in [0.15, 0.2) is 0 Å². The van der Waals surface area contributed by atoms with Crippen LogP contribution >= 0.6 is 0 Å². The Bertz CT molecular complexity index is 649. The number of nitrogens with two attached hydrogens (primary N) is 1. The summed E-state index contributed by atoms with van der Waals surface area (Å²) in [4.78, 5) is 3.95. The van der Waals surface area contributed by atoms with E-state index in [-0.39, 0.29) is 17.1 Å². The van der Waals surface area contributed by atoms with Gasteiger partial charge in [-0.3, -0.25) is 4.98 Å². The molecular formula is C15H12FN3. The highest BCUT2D eigenvalue weighted by molar-refractivity contribution is 5.95. The SMILES string of the molecule is Cc1cc(F)cc(/C(N)=C(/C#N)c2cccnc2)c1. The molecule has 0 saturated heterocycles. The number of hydrogen-bond donors (Lipinski definition) is 1. The maximum absolute atomic E-state index is 13.4. The van der Waals surface area contributed by atoms with Crippen LogP contribution in [-0.4, -0.2) is 4.98 Å². The summed E-state index contributed by atoms with van der Waals surface area (Å²) in [7, 11) is 0. The van der Waals surface area contributed by atoms with Crippen LogP contribution in [0, 0.1) is 24.1 Å². The number of pyridine rings is 1. The molecule has 94 valence electrons. The number of aryl methyl sites for hydroxylation is 1. The quantitative estimate of drug-likeness (QED) is 0.837. The number of allylic oxidation sites excluding steroid dienone is 1. The largest absolute Gasteiger partial charge is 0.397 e. The van der Waals surface area contributed by atoms with Gasteiger partial charge in [-0.05, 0) is 36.8 Å². The normalized spacial score (nSPS) is 11.6. The number of halogens is 1. The second-order valence-electron chi connectivity index (χ2n) is 4.16. The summed E-state index contributed by atoms with van der Waals surface area (Å²) < 4.78 is 13.4. The summed E-state index contributed by atoms with van der Waals surface area (Å²) in [6, 6.07) is 9.97. The molecule has 0 radical (unpaired) electrons. The van der Waals surface area contributed by atoms with E-state index >= 15 is 0 Å². The smallest absolute Gasteiger partial charge is 0.124 e. The van der Waals surface area contributed by atoms with Crippen molar-refractivity contribution in [1.82, 2.24) is 4.98 Å². The Balaban J connectivity index is 2.59. The number of rotatable bonds is 2. The van der Waals surface area contributed by atoms with Crippen molar-refractivity contribution in [3.05, 3.63) is 65.2 Å². The van der Waals surface area contributed by atoms with Crippen LogP contribution in [0.3, 0.4) is 0 Å². The second-order valence-corrected chi connectivity index (χ2v) is 4.16. The van der Waals surface area contributed by atoms with Gasteiger partial charge in [-0.1, -0.05) is 6.07 Å². The van der Waals surface area contributed by atoms with Crippen molar-refractivity contribution in [2.45, 2.75) is 6.92 Å². The van der Waals surface area contributed by atoms with Crippen molar-refractivity contribution in [3.63, 3.8) is 0 Å². The summed E-state index contributed by atoms with van der Waals surface area (Å²) in [5.74, 6) is -0.374. The number of nitriles is 1. The number of benzene rings is 1. The third-order valence-electron chi connectivity index (χ3n) is 2.68. The van der Waals surface area contributed by atoms with Crippen molar-refractivity contribution >= 4 is 11.3 Å². The number of nitrogens with zero attached hydrogens (tertiary/aromatic N) is 2. The van der Waals surface area contributed by atoms with Gasteiger partial charge in [0.05, 0.1) is 11.3 Å². The molecule has 4 heteroatoms. The first-order valence-corrected chi connectivity index (χ1v) is 5.69. The molecule has 2 aromatic rings. The van der Waals surface area contributed by atoms with Crippen LogP contribution < -0.4 is 5.73 Å². The minimum Gasteiger partial charge on any atom is -0.397 e. The third kappa shape index (κ3) is 2.78. The highest BCUT2D eigenvalue weighted by Gasteiger charge is 2.09. The highest BCUT2D eigenvalue weighted by atomic mass is 19.1. The Morgan fingerprint density at radius 2 is 2.11 bits per heavy atom. The molecule has 0 aliphatic heterocycles. The van der Waals surface area contributed by atoms with Crippen molar-refractivity contribution < 1.29 is 4.39 Å². The van der Waals surface area contributed by atoms with Gasteiger partial charge in [-0.25, -0.2) is 4.39 Å². The first-order valence-electron chi connectivity index (χ1n) is 5.69. The standard InChI is InChI=1S/C15H12FN3/c1-10-5-12(7-13(16)6-10)15(18)14(8-17)11-3-2-4-19-9-11/h2-7,9H,18H2,1H3/b15-14+. The molecule has 1 aromatic carbocycles. The van der Waals surface area contributed by atoms with Crippen LogP contribution in [0.2, 0.25) is 0 Å². The maximum Gasteiger partial charge on any atom is 0.124 e. The van der Waals surface area contributed by atoms with Crippen LogP contribution in [0.15, 0.2) is 42.7 Å². The minimum absolute atomic E-state index is 0.248. The zero-order valence-electron chi connectivity index (χ0n) is 10.4. The van der Waals surface area contributed by atoms with Crippen LogP contribution in [0.1, 0.15) is 16.7 Å². The predicted molar refractivity (Wildman–Crippen MR) is 72.0 cm³/mol. The van der Waals surface area contributed by atoms with Gasteiger partial charge in [0, 0.05) is 23.5 Å². The van der Waals surface area contributed by atoms with E-state index in [0.29, 0.717) is 11.1 Å². The monoisotopic (exact) mass is 253 g/mol. The fourth-order valence-electron chi connectivity index (χ4n) is 1.83. The molecule has 0 spiro atoms.